The Morgan fingerprint density at radius 2 is 0.890 bits per heavy atom. The smallest absolute Gasteiger partial charge is 0.146 e. The molecule has 3 heterocycles. The van der Waals surface area contributed by atoms with Gasteiger partial charge >= 0.3 is 0 Å². The van der Waals surface area contributed by atoms with Gasteiger partial charge in [-0.3, -0.25) is 9.38 Å². The molecule has 3 nitrogen and oxygen atoms in total. The lowest BCUT2D eigenvalue weighted by Crippen LogP contribution is -2.25. The molecule has 3 aromatic heterocycles. The van der Waals surface area contributed by atoms with E-state index < -0.39 is 12.1 Å². The average molecular weight is 1000 g/mol. The van der Waals surface area contributed by atoms with Gasteiger partial charge in [-0.25, -0.2) is 4.98 Å². The second-order valence-corrected chi connectivity index (χ2v) is 27.6. The molecule has 2 atom stereocenters. The molecule has 0 amide bonds. The molecule has 0 fully saturated rings. The van der Waals surface area contributed by atoms with Gasteiger partial charge < -0.3 is 0 Å². The Hall–Kier alpha value is -7.88. The molecule has 0 bridgehead atoms. The van der Waals surface area contributed by atoms with Crippen LogP contribution in [0.25, 0.3) is 93.1 Å². The van der Waals surface area contributed by atoms with Crippen molar-refractivity contribution < 1.29 is 0 Å². The van der Waals surface area contributed by atoms with Crippen molar-refractivity contribution in [3.05, 3.63) is 261 Å². The van der Waals surface area contributed by atoms with E-state index in [-0.39, 0.29) is 0 Å². The van der Waals surface area contributed by atoms with E-state index in [1.165, 1.54) is 48.2 Å². The molecule has 11 aromatic carbocycles. The Labute approximate surface area is 433 Å². The van der Waals surface area contributed by atoms with Crippen molar-refractivity contribution in [3.8, 4) is 22.4 Å². The molecule has 7 heteroatoms. The lowest BCUT2D eigenvalue weighted by atomic mass is 9.98. The first-order valence-corrected chi connectivity index (χ1v) is 30.1. The molecule has 0 aliphatic carbocycles. The molecule has 0 N–H and O–H groups in total. The highest BCUT2D eigenvalue weighted by Gasteiger charge is 2.29. The SMILES string of the molecule is S=P(c1ccccc1)(c1ccc(-c2ccc3c4ccccc4c4nc5ccc(-c6ccc(P(=S)(c7ccccc7)c7ccc8ccccc8c7)c7ccccc67)cc5n4c3c2)nc1)c1ccc2ccccc2c1. The van der Waals surface area contributed by atoms with Gasteiger partial charge in [0.15, 0.2) is 0 Å². The van der Waals surface area contributed by atoms with Crippen LogP contribution in [0.3, 0.4) is 0 Å². The molecule has 0 aliphatic heterocycles. The molecular weight excluding hydrogens is 961 g/mol. The average Bonchev–Trinajstić information content (AvgIpc) is 3.86. The van der Waals surface area contributed by atoms with E-state index in [2.05, 4.69) is 259 Å². The van der Waals surface area contributed by atoms with Crippen LogP contribution >= 0.6 is 12.1 Å². The standard InChI is InChI=1S/C66H43N3P2S2/c72-70(50-19-3-1-4-20-50,52-31-27-44-15-7-9-17-46(44)39-52)54-33-37-61(67-43-54)49-29-34-58-57-24-12-14-26-60(57)66-68-62-36-30-48(41-64(62)69(66)63(58)42-49)55-35-38-65(59-25-13-11-23-56(55)59)71(73,51-21-5-2-6-22-51)53-32-28-45-16-8-10-18-47(45)40-53/h1-43H. The Morgan fingerprint density at radius 1 is 0.342 bits per heavy atom. The van der Waals surface area contributed by atoms with Gasteiger partial charge in [0.25, 0.3) is 0 Å². The lowest BCUT2D eigenvalue weighted by molar-refractivity contribution is 1.31. The van der Waals surface area contributed by atoms with E-state index in [1.54, 1.807) is 0 Å². The van der Waals surface area contributed by atoms with Gasteiger partial charge in [0.05, 0.1) is 22.2 Å². The summed E-state index contributed by atoms with van der Waals surface area (Å²) >= 11 is 13.9. The molecule has 2 unspecified atom stereocenters. The molecule has 0 spiro atoms. The zero-order valence-corrected chi connectivity index (χ0v) is 42.8. The minimum atomic E-state index is -2.52. The molecule has 0 aliphatic rings. The highest BCUT2D eigenvalue weighted by molar-refractivity contribution is 8.26. The largest absolute Gasteiger partial charge is 0.292 e. The number of pyridine rings is 2. The summed E-state index contributed by atoms with van der Waals surface area (Å²) in [5.41, 5.74) is 8.15. The second-order valence-electron chi connectivity index (χ2n) is 18.8. The van der Waals surface area contributed by atoms with Crippen molar-refractivity contribution >= 4 is 138 Å². The minimum Gasteiger partial charge on any atom is -0.292 e. The normalized spacial score (nSPS) is 13.5. The number of imidazole rings is 1. The number of hydrogen-bond acceptors (Lipinski definition) is 4. The van der Waals surface area contributed by atoms with E-state index in [4.69, 9.17) is 33.6 Å². The van der Waals surface area contributed by atoms with Gasteiger partial charge in [-0.15, -0.1) is 0 Å². The van der Waals surface area contributed by atoms with Crippen molar-refractivity contribution in [2.24, 2.45) is 0 Å². The Kier molecular flexibility index (Phi) is 10.5. The van der Waals surface area contributed by atoms with Gasteiger partial charge in [0, 0.05) is 45.2 Å². The van der Waals surface area contributed by atoms with Crippen LogP contribution in [0.15, 0.2) is 261 Å². The topological polar surface area (TPSA) is 30.2 Å². The molecule has 0 radical (unpaired) electrons. The fourth-order valence-electron chi connectivity index (χ4n) is 11.1. The van der Waals surface area contributed by atoms with Gasteiger partial charge in [0.1, 0.15) is 5.65 Å². The quantitative estimate of drug-likeness (QED) is 0.112. The summed E-state index contributed by atoms with van der Waals surface area (Å²) in [6.07, 6.45) is 2.02. The van der Waals surface area contributed by atoms with Crippen LogP contribution in [0.2, 0.25) is 0 Å². The summed E-state index contributed by atoms with van der Waals surface area (Å²) in [7, 11) is 0. The minimum absolute atomic E-state index is 0.886. The van der Waals surface area contributed by atoms with Gasteiger partial charge in [-0.1, -0.05) is 236 Å². The lowest BCUT2D eigenvalue weighted by Gasteiger charge is -2.26. The third kappa shape index (κ3) is 7.07. The summed E-state index contributed by atoms with van der Waals surface area (Å²) in [4.78, 5) is 10.6. The van der Waals surface area contributed by atoms with Crippen LogP contribution in [0.4, 0.5) is 0 Å². The van der Waals surface area contributed by atoms with Crippen molar-refractivity contribution in [2.45, 2.75) is 0 Å². The number of benzene rings is 11. The van der Waals surface area contributed by atoms with Crippen molar-refractivity contribution in [1.29, 1.82) is 0 Å². The molecule has 73 heavy (non-hydrogen) atoms. The summed E-state index contributed by atoms with van der Waals surface area (Å²) < 4.78 is 2.36. The molecule has 344 valence electrons. The zero-order valence-electron chi connectivity index (χ0n) is 39.4. The first-order chi connectivity index (χ1) is 35.9. The van der Waals surface area contributed by atoms with E-state index in [0.29, 0.717) is 0 Å². The maximum Gasteiger partial charge on any atom is 0.146 e. The van der Waals surface area contributed by atoms with Crippen molar-refractivity contribution in [2.75, 3.05) is 0 Å². The Morgan fingerprint density at radius 3 is 1.56 bits per heavy atom. The van der Waals surface area contributed by atoms with Crippen molar-refractivity contribution in [1.82, 2.24) is 14.4 Å². The maximum absolute atomic E-state index is 7.05. The van der Waals surface area contributed by atoms with Crippen molar-refractivity contribution in [3.63, 3.8) is 0 Å². The van der Waals surface area contributed by atoms with Gasteiger partial charge in [-0.2, -0.15) is 0 Å². The predicted octanol–water partition coefficient (Wildman–Crippen LogP) is 14.5. The molecule has 14 rings (SSSR count). The third-order valence-corrected chi connectivity index (χ3v) is 24.6. The van der Waals surface area contributed by atoms with E-state index in [9.17, 15) is 0 Å². The Balaban J connectivity index is 0.919. The number of fused-ring (bicyclic) bond motifs is 11. The summed E-state index contributed by atoms with van der Waals surface area (Å²) in [5, 5.41) is 17.5. The van der Waals surface area contributed by atoms with Crippen LogP contribution in [0.1, 0.15) is 0 Å². The number of rotatable bonds is 8. The molecule has 0 saturated carbocycles. The van der Waals surface area contributed by atoms with Crippen LogP contribution in [-0.4, -0.2) is 14.4 Å². The van der Waals surface area contributed by atoms with E-state index in [1.807, 2.05) is 6.20 Å². The van der Waals surface area contributed by atoms with Gasteiger partial charge in [0.2, 0.25) is 0 Å². The molecule has 14 aromatic rings. The van der Waals surface area contributed by atoms with Crippen LogP contribution in [0, 0.1) is 0 Å². The highest BCUT2D eigenvalue weighted by atomic mass is 32.4. The highest BCUT2D eigenvalue weighted by Crippen LogP contribution is 2.47. The fraction of sp³-hybridized carbons (Fsp3) is 0. The third-order valence-electron chi connectivity index (χ3n) is 14.7. The number of aromatic nitrogens is 3. The van der Waals surface area contributed by atoms with E-state index >= 15 is 0 Å². The first-order valence-electron chi connectivity index (χ1n) is 24.5. The summed E-state index contributed by atoms with van der Waals surface area (Å²) in [5.74, 6) is 0. The molecular formula is C66H43N3P2S2. The summed E-state index contributed by atoms with van der Waals surface area (Å²) in [6.45, 7) is 0. The Bertz CT molecular complexity index is 4630. The monoisotopic (exact) mass is 1000 g/mol. The first kappa shape index (κ1) is 43.9. The summed E-state index contributed by atoms with van der Waals surface area (Å²) in [6, 6.07) is 86.8. The number of nitrogens with zero attached hydrogens (tertiary/aromatic N) is 3. The van der Waals surface area contributed by atoms with Gasteiger partial charge in [-0.05, 0) is 113 Å². The van der Waals surface area contributed by atoms with Crippen LogP contribution in [0.5, 0.6) is 0 Å². The zero-order chi connectivity index (χ0) is 48.7. The predicted molar refractivity (Wildman–Crippen MR) is 321 cm³/mol. The van der Waals surface area contributed by atoms with E-state index in [0.717, 1.165) is 76.7 Å². The maximum atomic E-state index is 7.05. The van der Waals surface area contributed by atoms with Crippen LogP contribution in [-0.2, 0) is 23.6 Å². The fourth-order valence-corrected chi connectivity index (χ4v) is 18.8. The van der Waals surface area contributed by atoms with Crippen LogP contribution < -0.4 is 31.8 Å². The second kappa shape index (κ2) is 17.4. The number of hydrogen-bond donors (Lipinski definition) is 0. The molecule has 0 saturated heterocycles.